The summed E-state index contributed by atoms with van der Waals surface area (Å²) in [5.74, 6) is 2.05. The summed E-state index contributed by atoms with van der Waals surface area (Å²) in [4.78, 5) is 2.17. The molecule has 2 heterocycles. The molecule has 0 amide bonds. The fourth-order valence-corrected chi connectivity index (χ4v) is 4.99. The predicted octanol–water partition coefficient (Wildman–Crippen LogP) is 2.99. The minimum Gasteiger partial charge on any atom is -0.493 e. The SMILES string of the molecule is O=S(=O)(CCCOc1ccc2c(c1)OCO2)N1CCN(c2ccc(Cl)cc2)CC1. The van der Waals surface area contributed by atoms with Gasteiger partial charge in [-0.05, 0) is 42.8 Å². The summed E-state index contributed by atoms with van der Waals surface area (Å²) >= 11 is 5.93. The first-order valence-electron chi connectivity index (χ1n) is 9.52. The molecular weight excluding hydrogens is 416 g/mol. The number of anilines is 1. The third-order valence-corrected chi connectivity index (χ3v) is 7.19. The van der Waals surface area contributed by atoms with E-state index in [-0.39, 0.29) is 12.5 Å². The van der Waals surface area contributed by atoms with E-state index < -0.39 is 10.0 Å². The third kappa shape index (κ3) is 4.88. The number of ether oxygens (including phenoxy) is 3. The first-order valence-corrected chi connectivity index (χ1v) is 11.5. The number of hydrogen-bond acceptors (Lipinski definition) is 6. The maximum absolute atomic E-state index is 12.6. The fraction of sp³-hybridized carbons (Fsp3) is 0.400. The van der Waals surface area contributed by atoms with Gasteiger partial charge in [0.1, 0.15) is 5.75 Å². The highest BCUT2D eigenvalue weighted by Crippen LogP contribution is 2.35. The van der Waals surface area contributed by atoms with E-state index in [1.807, 2.05) is 24.3 Å². The van der Waals surface area contributed by atoms with Gasteiger partial charge in [-0.25, -0.2) is 8.42 Å². The Labute approximate surface area is 175 Å². The van der Waals surface area contributed by atoms with E-state index in [1.165, 1.54) is 0 Å². The van der Waals surface area contributed by atoms with Gasteiger partial charge in [0.25, 0.3) is 0 Å². The molecule has 0 radical (unpaired) electrons. The maximum Gasteiger partial charge on any atom is 0.231 e. The highest BCUT2D eigenvalue weighted by Gasteiger charge is 2.26. The summed E-state index contributed by atoms with van der Waals surface area (Å²) in [6.07, 6.45) is 0.425. The minimum absolute atomic E-state index is 0.0680. The second-order valence-electron chi connectivity index (χ2n) is 6.90. The summed E-state index contributed by atoms with van der Waals surface area (Å²) in [5, 5.41) is 0.693. The molecule has 156 valence electrons. The van der Waals surface area contributed by atoms with Crippen molar-refractivity contribution in [2.75, 3.05) is 50.2 Å². The van der Waals surface area contributed by atoms with Crippen molar-refractivity contribution in [2.45, 2.75) is 6.42 Å². The van der Waals surface area contributed by atoms with Crippen molar-refractivity contribution in [3.63, 3.8) is 0 Å². The Kier molecular flexibility index (Phi) is 6.03. The Balaban J connectivity index is 1.22. The van der Waals surface area contributed by atoms with Crippen LogP contribution in [0.2, 0.25) is 5.02 Å². The van der Waals surface area contributed by atoms with Crippen LogP contribution in [0.4, 0.5) is 5.69 Å². The van der Waals surface area contributed by atoms with Crippen molar-refractivity contribution in [2.24, 2.45) is 0 Å². The number of sulfonamides is 1. The Hall–Kier alpha value is -2.16. The topological polar surface area (TPSA) is 68.3 Å². The first kappa shape index (κ1) is 20.1. The van der Waals surface area contributed by atoms with Gasteiger partial charge in [-0.1, -0.05) is 11.6 Å². The molecule has 0 bridgehead atoms. The van der Waals surface area contributed by atoms with Crippen molar-refractivity contribution in [1.29, 1.82) is 0 Å². The van der Waals surface area contributed by atoms with Gasteiger partial charge >= 0.3 is 0 Å². The molecule has 2 aliphatic rings. The van der Waals surface area contributed by atoms with Crippen LogP contribution in [0.25, 0.3) is 0 Å². The van der Waals surface area contributed by atoms with Gasteiger partial charge < -0.3 is 19.1 Å². The van der Waals surface area contributed by atoms with Crippen LogP contribution >= 0.6 is 11.6 Å². The van der Waals surface area contributed by atoms with Crippen LogP contribution in [0.15, 0.2) is 42.5 Å². The van der Waals surface area contributed by atoms with Crippen LogP contribution < -0.4 is 19.1 Å². The molecule has 0 aliphatic carbocycles. The lowest BCUT2D eigenvalue weighted by Crippen LogP contribution is -2.49. The molecule has 2 aliphatic heterocycles. The Bertz CT molecular complexity index is 944. The number of benzene rings is 2. The monoisotopic (exact) mass is 438 g/mol. The number of nitrogens with zero attached hydrogens (tertiary/aromatic N) is 2. The van der Waals surface area contributed by atoms with E-state index in [4.69, 9.17) is 25.8 Å². The van der Waals surface area contributed by atoms with Crippen molar-refractivity contribution in [1.82, 2.24) is 4.31 Å². The second kappa shape index (κ2) is 8.69. The Morgan fingerprint density at radius 3 is 2.45 bits per heavy atom. The van der Waals surface area contributed by atoms with Crippen LogP contribution in [-0.4, -0.2) is 58.1 Å². The van der Waals surface area contributed by atoms with Gasteiger partial charge in [0.05, 0.1) is 12.4 Å². The number of fused-ring (bicyclic) bond motifs is 1. The lowest BCUT2D eigenvalue weighted by Gasteiger charge is -2.35. The molecule has 2 aromatic rings. The first-order chi connectivity index (χ1) is 14.0. The van der Waals surface area contributed by atoms with Gasteiger partial charge in [-0.15, -0.1) is 0 Å². The average Bonchev–Trinajstić information content (AvgIpc) is 3.20. The van der Waals surface area contributed by atoms with E-state index in [0.29, 0.717) is 61.5 Å². The zero-order valence-electron chi connectivity index (χ0n) is 15.9. The van der Waals surface area contributed by atoms with E-state index in [0.717, 1.165) is 5.69 Å². The summed E-state index contributed by atoms with van der Waals surface area (Å²) < 4.78 is 43.1. The third-order valence-electron chi connectivity index (χ3n) is 4.98. The highest BCUT2D eigenvalue weighted by atomic mass is 35.5. The molecular formula is C20H23ClN2O5S. The zero-order valence-corrected chi connectivity index (χ0v) is 17.5. The highest BCUT2D eigenvalue weighted by molar-refractivity contribution is 7.89. The zero-order chi connectivity index (χ0) is 20.3. The smallest absolute Gasteiger partial charge is 0.231 e. The van der Waals surface area contributed by atoms with E-state index in [1.54, 1.807) is 22.5 Å². The summed E-state index contributed by atoms with van der Waals surface area (Å²) in [6, 6.07) is 12.9. The Morgan fingerprint density at radius 1 is 0.966 bits per heavy atom. The van der Waals surface area contributed by atoms with Crippen molar-refractivity contribution in [3.05, 3.63) is 47.5 Å². The molecule has 0 aromatic heterocycles. The molecule has 4 rings (SSSR count). The summed E-state index contributed by atoms with van der Waals surface area (Å²) in [5.41, 5.74) is 1.06. The predicted molar refractivity (Wildman–Crippen MR) is 112 cm³/mol. The molecule has 0 atom stereocenters. The standard InChI is InChI=1S/C20H23ClN2O5S/c21-16-2-4-17(5-3-16)22-8-10-23(11-9-22)29(24,25)13-1-12-26-18-6-7-19-20(14-18)28-15-27-19/h2-7,14H,1,8-13,15H2. The number of halogens is 1. The molecule has 0 saturated carbocycles. The number of hydrogen-bond donors (Lipinski definition) is 0. The van der Waals surface area contributed by atoms with Crippen molar-refractivity contribution in [3.8, 4) is 17.2 Å². The quantitative estimate of drug-likeness (QED) is 0.619. The minimum atomic E-state index is -3.30. The van der Waals surface area contributed by atoms with E-state index in [9.17, 15) is 8.42 Å². The lowest BCUT2D eigenvalue weighted by atomic mass is 10.2. The molecule has 0 N–H and O–H groups in total. The van der Waals surface area contributed by atoms with E-state index >= 15 is 0 Å². The molecule has 9 heteroatoms. The molecule has 2 aromatic carbocycles. The fourth-order valence-electron chi connectivity index (χ4n) is 3.40. The molecule has 1 saturated heterocycles. The van der Waals surface area contributed by atoms with Crippen LogP contribution in [0.5, 0.6) is 17.2 Å². The van der Waals surface area contributed by atoms with Gasteiger partial charge in [0.15, 0.2) is 11.5 Å². The average molecular weight is 439 g/mol. The normalized spacial score (nSPS) is 16.8. The van der Waals surface area contributed by atoms with Crippen LogP contribution in [-0.2, 0) is 10.0 Å². The van der Waals surface area contributed by atoms with Gasteiger partial charge in [-0.2, -0.15) is 4.31 Å². The van der Waals surface area contributed by atoms with Crippen molar-refractivity contribution >= 4 is 27.3 Å². The van der Waals surface area contributed by atoms with E-state index in [2.05, 4.69) is 4.90 Å². The number of piperazine rings is 1. The molecule has 0 spiro atoms. The van der Waals surface area contributed by atoms with Crippen molar-refractivity contribution < 1.29 is 22.6 Å². The van der Waals surface area contributed by atoms with Crippen LogP contribution in [0.3, 0.4) is 0 Å². The number of rotatable bonds is 7. The van der Waals surface area contributed by atoms with Crippen LogP contribution in [0, 0.1) is 0 Å². The Morgan fingerprint density at radius 2 is 1.69 bits per heavy atom. The second-order valence-corrected chi connectivity index (χ2v) is 9.42. The molecule has 7 nitrogen and oxygen atoms in total. The largest absolute Gasteiger partial charge is 0.493 e. The lowest BCUT2D eigenvalue weighted by molar-refractivity contribution is 0.173. The molecule has 1 fully saturated rings. The van der Waals surface area contributed by atoms with Gasteiger partial charge in [-0.3, -0.25) is 0 Å². The molecule has 29 heavy (non-hydrogen) atoms. The van der Waals surface area contributed by atoms with Gasteiger partial charge in [0, 0.05) is 43.0 Å². The maximum atomic E-state index is 12.6. The molecule has 0 unspecified atom stereocenters. The van der Waals surface area contributed by atoms with Crippen LogP contribution in [0.1, 0.15) is 6.42 Å². The summed E-state index contributed by atoms with van der Waals surface area (Å²) in [6.45, 7) is 2.82. The summed E-state index contributed by atoms with van der Waals surface area (Å²) in [7, 11) is -3.30. The van der Waals surface area contributed by atoms with Gasteiger partial charge in [0.2, 0.25) is 16.8 Å².